The molecule has 0 bridgehead atoms. The molecule has 27 heavy (non-hydrogen) atoms. The molecule has 0 aromatic heterocycles. The van der Waals surface area contributed by atoms with E-state index in [4.69, 9.17) is 0 Å². The molecule has 0 spiro atoms. The molecule has 0 aliphatic carbocycles. The Labute approximate surface area is 161 Å². The Morgan fingerprint density at radius 3 is 0.889 bits per heavy atom. The van der Waals surface area contributed by atoms with E-state index in [1.165, 1.54) is 0 Å². The van der Waals surface area contributed by atoms with Gasteiger partial charge in [-0.05, 0) is 36.8 Å². The summed E-state index contributed by atoms with van der Waals surface area (Å²) in [7, 11) is 11.2. The van der Waals surface area contributed by atoms with Crippen LogP contribution in [0.25, 0.3) is 18.2 Å². The van der Waals surface area contributed by atoms with Crippen LogP contribution in [0.4, 0.5) is 0 Å². The zero-order chi connectivity index (χ0) is 20.6. The summed E-state index contributed by atoms with van der Waals surface area (Å²) in [5.74, 6) is 0. The van der Waals surface area contributed by atoms with Crippen molar-refractivity contribution in [2.24, 2.45) is 0 Å². The molecular formula is C21H24N6. The third-order valence-corrected chi connectivity index (χ3v) is 3.57. The first-order valence-corrected chi connectivity index (χ1v) is 8.24. The zero-order valence-corrected chi connectivity index (χ0v) is 16.6. The van der Waals surface area contributed by atoms with Gasteiger partial charge >= 0.3 is 0 Å². The molecule has 0 aliphatic rings. The molecule has 0 saturated heterocycles. The molecule has 0 heterocycles. The summed E-state index contributed by atoms with van der Waals surface area (Å²) >= 11 is 0. The summed E-state index contributed by atoms with van der Waals surface area (Å²) in [6.45, 7) is 0. The number of nitrogens with zero attached hydrogens (tertiary/aromatic N) is 6. The highest BCUT2D eigenvalue weighted by molar-refractivity contribution is 5.83. The SMILES string of the molecule is CN(C)/C=C/c1c(C#N)c(/C=C/N(C)C)c(C#N)c(/C=C/N(C)C)c1C#N. The quantitative estimate of drug-likeness (QED) is 0.776. The van der Waals surface area contributed by atoms with E-state index in [0.717, 1.165) is 0 Å². The monoisotopic (exact) mass is 360 g/mol. The Hall–Kier alpha value is -3.69. The molecule has 0 radical (unpaired) electrons. The van der Waals surface area contributed by atoms with Crippen LogP contribution in [0.15, 0.2) is 18.6 Å². The number of hydrogen-bond acceptors (Lipinski definition) is 6. The average molecular weight is 360 g/mol. The van der Waals surface area contributed by atoms with Crippen molar-refractivity contribution < 1.29 is 0 Å². The predicted molar refractivity (Wildman–Crippen MR) is 109 cm³/mol. The van der Waals surface area contributed by atoms with Crippen LogP contribution in [0.5, 0.6) is 0 Å². The van der Waals surface area contributed by atoms with E-state index in [-0.39, 0.29) is 0 Å². The minimum absolute atomic E-state index is 0.307. The van der Waals surface area contributed by atoms with E-state index in [1.807, 2.05) is 57.0 Å². The summed E-state index contributed by atoms with van der Waals surface area (Å²) in [5, 5.41) is 29.4. The standard InChI is InChI=1S/C21H24N6/c1-25(2)10-7-16-19(13-22)17(8-11-26(3)4)21(15-24)18(20(16)14-23)9-12-27(5)6/h7-12H,1-6H3/b10-7+,11-8+,12-9+. The van der Waals surface area contributed by atoms with Crippen LogP contribution in [-0.4, -0.2) is 57.0 Å². The molecule has 6 heteroatoms. The zero-order valence-electron chi connectivity index (χ0n) is 16.6. The van der Waals surface area contributed by atoms with Crippen molar-refractivity contribution in [3.05, 3.63) is 52.0 Å². The molecule has 6 nitrogen and oxygen atoms in total. The topological polar surface area (TPSA) is 81.1 Å². The Morgan fingerprint density at radius 1 is 0.519 bits per heavy atom. The maximum Gasteiger partial charge on any atom is 0.100 e. The number of benzene rings is 1. The molecule has 0 fully saturated rings. The molecule has 0 saturated carbocycles. The lowest BCUT2D eigenvalue weighted by Crippen LogP contribution is -2.06. The van der Waals surface area contributed by atoms with Crippen molar-refractivity contribution in [1.29, 1.82) is 15.8 Å². The summed E-state index contributed by atoms with van der Waals surface area (Å²) in [5.41, 5.74) is 2.43. The van der Waals surface area contributed by atoms with Crippen molar-refractivity contribution in [3.63, 3.8) is 0 Å². The molecule has 0 atom stereocenters. The summed E-state index contributed by atoms with van der Waals surface area (Å²) in [4.78, 5) is 5.47. The van der Waals surface area contributed by atoms with Crippen LogP contribution in [0.1, 0.15) is 33.4 Å². The second-order valence-electron chi connectivity index (χ2n) is 6.54. The van der Waals surface area contributed by atoms with Gasteiger partial charge < -0.3 is 14.7 Å². The van der Waals surface area contributed by atoms with E-state index in [1.54, 1.807) is 36.8 Å². The lowest BCUT2D eigenvalue weighted by Gasteiger charge is -2.15. The van der Waals surface area contributed by atoms with Gasteiger partial charge in [-0.15, -0.1) is 0 Å². The summed E-state index contributed by atoms with van der Waals surface area (Å²) in [6.07, 6.45) is 10.5. The third kappa shape index (κ3) is 5.39. The lowest BCUT2D eigenvalue weighted by atomic mass is 9.87. The normalized spacial score (nSPS) is 10.8. The van der Waals surface area contributed by atoms with Crippen LogP contribution in [0.2, 0.25) is 0 Å². The van der Waals surface area contributed by atoms with Crippen molar-refractivity contribution in [3.8, 4) is 18.2 Å². The minimum atomic E-state index is 0.307. The molecule has 1 rings (SSSR count). The molecule has 0 N–H and O–H groups in total. The van der Waals surface area contributed by atoms with Crippen molar-refractivity contribution >= 4 is 18.2 Å². The van der Waals surface area contributed by atoms with Crippen LogP contribution >= 0.6 is 0 Å². The average Bonchev–Trinajstić information content (AvgIpc) is 2.61. The molecular weight excluding hydrogens is 336 g/mol. The largest absolute Gasteiger partial charge is 0.383 e. The molecule has 0 amide bonds. The van der Waals surface area contributed by atoms with Gasteiger partial charge in [-0.2, -0.15) is 15.8 Å². The Balaban J connectivity index is 4.05. The number of hydrogen-bond donors (Lipinski definition) is 0. The Morgan fingerprint density at radius 2 is 0.741 bits per heavy atom. The van der Waals surface area contributed by atoms with E-state index in [9.17, 15) is 15.8 Å². The fourth-order valence-corrected chi connectivity index (χ4v) is 2.34. The molecule has 0 aliphatic heterocycles. The second kappa shape index (κ2) is 9.70. The van der Waals surface area contributed by atoms with E-state index < -0.39 is 0 Å². The van der Waals surface area contributed by atoms with Gasteiger partial charge in [0.15, 0.2) is 0 Å². The van der Waals surface area contributed by atoms with Crippen LogP contribution < -0.4 is 0 Å². The maximum absolute atomic E-state index is 9.79. The van der Waals surface area contributed by atoms with Gasteiger partial charge in [0.05, 0.1) is 16.7 Å². The van der Waals surface area contributed by atoms with E-state index >= 15 is 0 Å². The van der Waals surface area contributed by atoms with Gasteiger partial charge in [-0.3, -0.25) is 0 Å². The number of rotatable bonds is 6. The van der Waals surface area contributed by atoms with Crippen LogP contribution in [0.3, 0.4) is 0 Å². The van der Waals surface area contributed by atoms with Gasteiger partial charge in [0.2, 0.25) is 0 Å². The van der Waals surface area contributed by atoms with Gasteiger partial charge in [-0.25, -0.2) is 0 Å². The van der Waals surface area contributed by atoms with Gasteiger partial charge in [0, 0.05) is 59.0 Å². The highest BCUT2D eigenvalue weighted by atomic mass is 15.0. The number of nitriles is 3. The van der Waals surface area contributed by atoms with Crippen LogP contribution in [0, 0.1) is 34.0 Å². The fourth-order valence-electron chi connectivity index (χ4n) is 2.34. The van der Waals surface area contributed by atoms with E-state index in [2.05, 4.69) is 18.2 Å². The van der Waals surface area contributed by atoms with E-state index in [0.29, 0.717) is 33.4 Å². The first-order valence-electron chi connectivity index (χ1n) is 8.24. The Kier molecular flexibility index (Phi) is 7.68. The first-order chi connectivity index (χ1) is 12.8. The Bertz CT molecular complexity index is 756. The van der Waals surface area contributed by atoms with Crippen molar-refractivity contribution in [2.45, 2.75) is 0 Å². The summed E-state index contributed by atoms with van der Waals surface area (Å²) < 4.78 is 0. The maximum atomic E-state index is 9.79. The van der Waals surface area contributed by atoms with Gasteiger partial charge in [0.25, 0.3) is 0 Å². The molecule has 138 valence electrons. The fraction of sp³-hybridized carbons (Fsp3) is 0.286. The molecule has 1 aromatic carbocycles. The molecule has 1 aromatic rings. The van der Waals surface area contributed by atoms with Gasteiger partial charge in [-0.1, -0.05) is 0 Å². The predicted octanol–water partition coefficient (Wildman–Crippen LogP) is 2.90. The van der Waals surface area contributed by atoms with Gasteiger partial charge in [0.1, 0.15) is 18.2 Å². The van der Waals surface area contributed by atoms with Crippen molar-refractivity contribution in [1.82, 2.24) is 14.7 Å². The molecule has 0 unspecified atom stereocenters. The first kappa shape index (κ1) is 21.4. The second-order valence-corrected chi connectivity index (χ2v) is 6.54. The summed E-state index contributed by atoms with van der Waals surface area (Å²) in [6, 6.07) is 6.53. The van der Waals surface area contributed by atoms with Crippen LogP contribution in [-0.2, 0) is 0 Å². The highest BCUT2D eigenvalue weighted by Crippen LogP contribution is 2.31. The minimum Gasteiger partial charge on any atom is -0.383 e. The van der Waals surface area contributed by atoms with Crippen molar-refractivity contribution in [2.75, 3.05) is 42.3 Å². The highest BCUT2D eigenvalue weighted by Gasteiger charge is 2.20. The lowest BCUT2D eigenvalue weighted by molar-refractivity contribution is 0.567. The smallest absolute Gasteiger partial charge is 0.100 e. The third-order valence-electron chi connectivity index (χ3n) is 3.57.